The molecule has 0 aliphatic heterocycles. The number of anilines is 1. The quantitative estimate of drug-likeness (QED) is 0.539. The van der Waals surface area contributed by atoms with Crippen molar-refractivity contribution in [3.05, 3.63) is 66.6 Å². The smallest absolute Gasteiger partial charge is 0.275 e. The Morgan fingerprint density at radius 1 is 1.21 bits per heavy atom. The molecule has 1 N–H and O–H groups in total. The number of pyridine rings is 1. The molecule has 9 heteroatoms. The highest BCUT2D eigenvalue weighted by atomic mass is 16.5. The molecule has 4 aromatic rings. The third-order valence-electron chi connectivity index (χ3n) is 4.21. The Hall–Kier alpha value is -4.01. The van der Waals surface area contributed by atoms with Crippen molar-refractivity contribution in [2.45, 2.75) is 13.3 Å². The molecule has 3 aromatic heterocycles. The third kappa shape index (κ3) is 3.84. The van der Waals surface area contributed by atoms with Gasteiger partial charge in [-0.15, -0.1) is 0 Å². The zero-order valence-electron chi connectivity index (χ0n) is 15.9. The molecule has 0 saturated carbocycles. The van der Waals surface area contributed by atoms with E-state index in [1.807, 2.05) is 13.0 Å². The van der Waals surface area contributed by atoms with E-state index in [-0.39, 0.29) is 11.6 Å². The van der Waals surface area contributed by atoms with Gasteiger partial charge in [-0.2, -0.15) is 4.98 Å². The van der Waals surface area contributed by atoms with Crippen LogP contribution in [-0.4, -0.2) is 37.7 Å². The van der Waals surface area contributed by atoms with E-state index in [1.165, 1.54) is 6.33 Å². The van der Waals surface area contributed by atoms with Gasteiger partial charge in [-0.25, -0.2) is 9.97 Å². The normalized spacial score (nSPS) is 10.7. The van der Waals surface area contributed by atoms with Crippen molar-refractivity contribution < 1.29 is 14.1 Å². The van der Waals surface area contributed by atoms with E-state index in [0.717, 1.165) is 0 Å². The van der Waals surface area contributed by atoms with E-state index >= 15 is 0 Å². The number of methoxy groups -OCH3 is 1. The van der Waals surface area contributed by atoms with Crippen LogP contribution < -0.4 is 10.1 Å². The largest absolute Gasteiger partial charge is 0.497 e. The lowest BCUT2D eigenvalue weighted by Crippen LogP contribution is -2.12. The average Bonchev–Trinajstić information content (AvgIpc) is 3.44. The Morgan fingerprint density at radius 2 is 2.03 bits per heavy atom. The summed E-state index contributed by atoms with van der Waals surface area (Å²) in [7, 11) is 1.59. The molecule has 0 aliphatic rings. The summed E-state index contributed by atoms with van der Waals surface area (Å²) >= 11 is 0. The van der Waals surface area contributed by atoms with Gasteiger partial charge in [-0.3, -0.25) is 9.36 Å². The number of ether oxygens (including phenoxy) is 1. The number of rotatable bonds is 6. The second kappa shape index (κ2) is 7.93. The summed E-state index contributed by atoms with van der Waals surface area (Å²) in [5.74, 6) is 1.89. The summed E-state index contributed by atoms with van der Waals surface area (Å²) in [6.45, 7) is 1.95. The molecule has 0 spiro atoms. The minimum absolute atomic E-state index is 0.247. The first-order valence-electron chi connectivity index (χ1n) is 8.95. The second-order valence-corrected chi connectivity index (χ2v) is 6.09. The van der Waals surface area contributed by atoms with Crippen LogP contribution >= 0.6 is 0 Å². The fourth-order valence-corrected chi connectivity index (χ4v) is 2.70. The van der Waals surface area contributed by atoms with E-state index in [4.69, 9.17) is 9.26 Å². The summed E-state index contributed by atoms with van der Waals surface area (Å²) in [5, 5.41) is 6.73. The molecule has 4 rings (SSSR count). The number of aryl methyl sites for hydroxylation is 1. The number of hydrogen-bond donors (Lipinski definition) is 1. The second-order valence-electron chi connectivity index (χ2n) is 6.09. The van der Waals surface area contributed by atoms with Crippen LogP contribution in [0.25, 0.3) is 17.3 Å². The molecule has 0 atom stereocenters. The van der Waals surface area contributed by atoms with Crippen molar-refractivity contribution in [3.63, 3.8) is 0 Å². The predicted molar refractivity (Wildman–Crippen MR) is 105 cm³/mol. The molecule has 1 amide bonds. The molecular formula is C20H18N6O3. The van der Waals surface area contributed by atoms with E-state index in [0.29, 0.717) is 41.0 Å². The van der Waals surface area contributed by atoms with Gasteiger partial charge in [0.2, 0.25) is 0 Å². The molecule has 29 heavy (non-hydrogen) atoms. The van der Waals surface area contributed by atoms with Gasteiger partial charge in [0.1, 0.15) is 17.8 Å². The molecule has 0 radical (unpaired) electrons. The molecule has 0 unspecified atom stereocenters. The van der Waals surface area contributed by atoms with E-state index in [1.54, 1.807) is 54.4 Å². The molecule has 0 bridgehead atoms. The van der Waals surface area contributed by atoms with E-state index in [2.05, 4.69) is 25.4 Å². The first-order valence-corrected chi connectivity index (χ1v) is 8.95. The SMILES string of the molecule is CCc1noc(-c2cccnc2-n2cnc(C(=O)Nc3ccc(OC)cc3)c2)n1. The molecule has 146 valence electrons. The lowest BCUT2D eigenvalue weighted by atomic mass is 10.2. The number of carbonyl (C=O) groups is 1. The van der Waals surface area contributed by atoms with Crippen LogP contribution in [0.1, 0.15) is 23.2 Å². The van der Waals surface area contributed by atoms with Gasteiger partial charge < -0.3 is 14.6 Å². The number of amides is 1. The zero-order chi connectivity index (χ0) is 20.2. The Kier molecular flexibility index (Phi) is 5.02. The Bertz CT molecular complexity index is 1130. The van der Waals surface area contributed by atoms with Crippen LogP contribution in [0.2, 0.25) is 0 Å². The van der Waals surface area contributed by atoms with Crippen LogP contribution in [0, 0.1) is 0 Å². The standard InChI is InChI=1S/C20H18N6O3/c1-3-17-24-20(29-25-17)15-5-4-10-21-18(15)26-11-16(22-12-26)19(27)23-13-6-8-14(28-2)9-7-13/h4-12H,3H2,1-2H3,(H,23,27). The Morgan fingerprint density at radius 3 is 2.76 bits per heavy atom. The highest BCUT2D eigenvalue weighted by Crippen LogP contribution is 2.24. The van der Waals surface area contributed by atoms with Crippen molar-refractivity contribution in [2.75, 3.05) is 12.4 Å². The maximum Gasteiger partial charge on any atom is 0.275 e. The molecule has 9 nitrogen and oxygen atoms in total. The van der Waals surface area contributed by atoms with Gasteiger partial charge in [0.25, 0.3) is 11.8 Å². The number of hydrogen-bond acceptors (Lipinski definition) is 7. The molecule has 0 aliphatic carbocycles. The number of benzene rings is 1. The average molecular weight is 390 g/mol. The number of carbonyl (C=O) groups excluding carboxylic acids is 1. The number of aromatic nitrogens is 5. The van der Waals surface area contributed by atoms with Gasteiger partial charge >= 0.3 is 0 Å². The lowest BCUT2D eigenvalue weighted by molar-refractivity contribution is 0.102. The minimum atomic E-state index is -0.336. The van der Waals surface area contributed by atoms with Crippen LogP contribution in [0.3, 0.4) is 0 Å². The van der Waals surface area contributed by atoms with Crippen LogP contribution in [0.5, 0.6) is 5.75 Å². The van der Waals surface area contributed by atoms with Crippen molar-refractivity contribution >= 4 is 11.6 Å². The summed E-state index contributed by atoms with van der Waals surface area (Å²) in [6.07, 6.45) is 5.43. The lowest BCUT2D eigenvalue weighted by Gasteiger charge is -2.05. The van der Waals surface area contributed by atoms with Crippen molar-refractivity contribution in [1.29, 1.82) is 0 Å². The van der Waals surface area contributed by atoms with E-state index in [9.17, 15) is 4.79 Å². The monoisotopic (exact) mass is 390 g/mol. The summed E-state index contributed by atoms with van der Waals surface area (Å²) < 4.78 is 12.1. The fraction of sp³-hybridized carbons (Fsp3) is 0.150. The molecular weight excluding hydrogens is 372 g/mol. The molecule has 3 heterocycles. The van der Waals surface area contributed by atoms with Crippen molar-refractivity contribution in [3.8, 4) is 23.0 Å². The summed E-state index contributed by atoms with van der Waals surface area (Å²) in [5.41, 5.74) is 1.54. The topological polar surface area (TPSA) is 108 Å². The summed E-state index contributed by atoms with van der Waals surface area (Å²) in [6, 6.07) is 10.7. The van der Waals surface area contributed by atoms with Crippen LogP contribution in [0.15, 0.2) is 59.6 Å². The maximum absolute atomic E-state index is 12.5. The van der Waals surface area contributed by atoms with Crippen LogP contribution in [-0.2, 0) is 6.42 Å². The van der Waals surface area contributed by atoms with Crippen molar-refractivity contribution in [1.82, 2.24) is 24.7 Å². The molecule has 0 fully saturated rings. The highest BCUT2D eigenvalue weighted by molar-refractivity contribution is 6.02. The first kappa shape index (κ1) is 18.4. The zero-order valence-corrected chi connectivity index (χ0v) is 15.9. The Balaban J connectivity index is 1.58. The maximum atomic E-state index is 12.5. The number of nitrogens with zero attached hydrogens (tertiary/aromatic N) is 5. The predicted octanol–water partition coefficient (Wildman–Crippen LogP) is 3.14. The molecule has 0 saturated heterocycles. The van der Waals surface area contributed by atoms with Gasteiger partial charge in [0.05, 0.1) is 12.7 Å². The van der Waals surface area contributed by atoms with Crippen LogP contribution in [0.4, 0.5) is 5.69 Å². The third-order valence-corrected chi connectivity index (χ3v) is 4.21. The highest BCUT2D eigenvalue weighted by Gasteiger charge is 2.17. The first-order chi connectivity index (χ1) is 14.2. The molecule has 1 aromatic carbocycles. The Labute approximate surface area is 166 Å². The van der Waals surface area contributed by atoms with Gasteiger partial charge in [-0.1, -0.05) is 12.1 Å². The van der Waals surface area contributed by atoms with Gasteiger partial charge in [0.15, 0.2) is 11.6 Å². The summed E-state index contributed by atoms with van der Waals surface area (Å²) in [4.78, 5) is 25.5. The van der Waals surface area contributed by atoms with Gasteiger partial charge in [-0.05, 0) is 36.4 Å². The number of imidazole rings is 1. The minimum Gasteiger partial charge on any atom is -0.497 e. The van der Waals surface area contributed by atoms with E-state index < -0.39 is 0 Å². The number of nitrogens with one attached hydrogen (secondary N) is 1. The van der Waals surface area contributed by atoms with Crippen molar-refractivity contribution in [2.24, 2.45) is 0 Å². The van der Waals surface area contributed by atoms with Gasteiger partial charge in [0, 0.05) is 24.5 Å². The fourth-order valence-electron chi connectivity index (χ4n) is 2.70.